The van der Waals surface area contributed by atoms with Gasteiger partial charge in [0.1, 0.15) is 0 Å². The first-order valence-corrected chi connectivity index (χ1v) is 5.87. The van der Waals surface area contributed by atoms with Crippen molar-refractivity contribution in [1.82, 2.24) is 4.98 Å². The molecule has 0 aliphatic rings. The van der Waals surface area contributed by atoms with Gasteiger partial charge < -0.3 is 5.73 Å². The van der Waals surface area contributed by atoms with Crippen LogP contribution in [0.25, 0.3) is 0 Å². The second-order valence-corrected chi connectivity index (χ2v) is 4.64. The summed E-state index contributed by atoms with van der Waals surface area (Å²) in [6.07, 6.45) is 2.88. The van der Waals surface area contributed by atoms with Crippen LogP contribution in [0.2, 0.25) is 0 Å². The minimum atomic E-state index is 0.480. The third-order valence-electron chi connectivity index (χ3n) is 2.39. The van der Waals surface area contributed by atoms with Gasteiger partial charge in [0.05, 0.1) is 5.01 Å². The molecule has 1 aromatic carbocycles. The summed E-state index contributed by atoms with van der Waals surface area (Å²) >= 11 is 1.72. The average molecular weight is 218 g/mol. The Morgan fingerprint density at radius 3 is 2.67 bits per heavy atom. The predicted molar refractivity (Wildman–Crippen MR) is 65.1 cm³/mol. The zero-order valence-electron chi connectivity index (χ0n) is 8.68. The molecule has 78 valence electrons. The van der Waals surface area contributed by atoms with E-state index in [0.29, 0.717) is 5.92 Å². The molecule has 0 amide bonds. The van der Waals surface area contributed by atoms with E-state index < -0.39 is 0 Å². The molecule has 1 atom stereocenters. The van der Waals surface area contributed by atoms with E-state index in [1.165, 1.54) is 10.6 Å². The molecular formula is C12H14N2S. The summed E-state index contributed by atoms with van der Waals surface area (Å²) in [6, 6.07) is 8.06. The highest BCUT2D eigenvalue weighted by Crippen LogP contribution is 2.22. The smallest absolute Gasteiger partial charge is 0.0956 e. The Kier molecular flexibility index (Phi) is 3.02. The van der Waals surface area contributed by atoms with Crippen LogP contribution in [0.15, 0.2) is 35.8 Å². The van der Waals surface area contributed by atoms with Gasteiger partial charge in [0, 0.05) is 23.2 Å². The second kappa shape index (κ2) is 4.45. The molecule has 0 aliphatic carbocycles. The van der Waals surface area contributed by atoms with Crippen LogP contribution < -0.4 is 5.73 Å². The number of thiazole rings is 1. The fourth-order valence-corrected chi connectivity index (χ4v) is 2.27. The molecule has 0 radical (unpaired) electrons. The molecule has 1 aromatic heterocycles. The number of hydrogen-bond acceptors (Lipinski definition) is 3. The van der Waals surface area contributed by atoms with Crippen molar-refractivity contribution in [2.24, 2.45) is 0 Å². The van der Waals surface area contributed by atoms with Gasteiger partial charge in [-0.1, -0.05) is 19.1 Å². The molecule has 0 saturated heterocycles. The maximum Gasteiger partial charge on any atom is 0.0956 e. The molecule has 0 bridgehead atoms. The first-order chi connectivity index (χ1) is 7.25. The Morgan fingerprint density at radius 2 is 2.07 bits per heavy atom. The molecule has 2 rings (SSSR count). The Balaban J connectivity index is 2.06. The van der Waals surface area contributed by atoms with Gasteiger partial charge in [0.2, 0.25) is 0 Å². The molecule has 0 saturated carbocycles. The lowest BCUT2D eigenvalue weighted by atomic mass is 10.0. The van der Waals surface area contributed by atoms with E-state index in [1.807, 2.05) is 23.7 Å². The highest BCUT2D eigenvalue weighted by Gasteiger charge is 2.08. The zero-order chi connectivity index (χ0) is 10.7. The molecule has 0 spiro atoms. The van der Waals surface area contributed by atoms with Crippen molar-refractivity contribution < 1.29 is 0 Å². The molecule has 15 heavy (non-hydrogen) atoms. The quantitative estimate of drug-likeness (QED) is 0.804. The van der Waals surface area contributed by atoms with Crippen LogP contribution in [0.3, 0.4) is 0 Å². The topological polar surface area (TPSA) is 38.9 Å². The monoisotopic (exact) mass is 218 g/mol. The van der Waals surface area contributed by atoms with Gasteiger partial charge in [-0.2, -0.15) is 0 Å². The molecular weight excluding hydrogens is 204 g/mol. The van der Waals surface area contributed by atoms with Crippen molar-refractivity contribution in [3.63, 3.8) is 0 Å². The predicted octanol–water partition coefficient (Wildman–Crippen LogP) is 3.07. The van der Waals surface area contributed by atoms with E-state index >= 15 is 0 Å². The summed E-state index contributed by atoms with van der Waals surface area (Å²) in [5.41, 5.74) is 7.77. The lowest BCUT2D eigenvalue weighted by Crippen LogP contribution is -1.97. The van der Waals surface area contributed by atoms with Crippen molar-refractivity contribution in [3.05, 3.63) is 46.4 Å². The van der Waals surface area contributed by atoms with E-state index in [4.69, 9.17) is 5.73 Å². The van der Waals surface area contributed by atoms with Gasteiger partial charge >= 0.3 is 0 Å². The summed E-state index contributed by atoms with van der Waals surface area (Å²) < 4.78 is 0. The van der Waals surface area contributed by atoms with Gasteiger partial charge in [-0.05, 0) is 24.1 Å². The van der Waals surface area contributed by atoms with E-state index in [-0.39, 0.29) is 0 Å². The fraction of sp³-hybridized carbons (Fsp3) is 0.250. The zero-order valence-corrected chi connectivity index (χ0v) is 9.50. The van der Waals surface area contributed by atoms with Crippen LogP contribution in [0.4, 0.5) is 5.69 Å². The van der Waals surface area contributed by atoms with Crippen molar-refractivity contribution in [2.75, 3.05) is 5.73 Å². The number of rotatable bonds is 3. The summed E-state index contributed by atoms with van der Waals surface area (Å²) in [6.45, 7) is 2.20. The van der Waals surface area contributed by atoms with E-state index in [0.717, 1.165) is 12.1 Å². The number of hydrogen-bond donors (Lipinski definition) is 1. The number of benzene rings is 1. The number of anilines is 1. The standard InChI is InChI=1S/C12H14N2S/c1-9(12-14-6-7-15-12)8-10-2-4-11(13)5-3-10/h2-7,9H,8,13H2,1H3/t9-/m0/s1. The second-order valence-electron chi connectivity index (χ2n) is 3.72. The number of aromatic nitrogens is 1. The van der Waals surface area contributed by atoms with E-state index in [1.54, 1.807) is 11.3 Å². The van der Waals surface area contributed by atoms with Gasteiger partial charge in [-0.3, -0.25) is 0 Å². The lowest BCUT2D eigenvalue weighted by molar-refractivity contribution is 0.751. The molecule has 3 heteroatoms. The minimum Gasteiger partial charge on any atom is -0.399 e. The average Bonchev–Trinajstić information content (AvgIpc) is 2.74. The molecule has 0 fully saturated rings. The number of nitrogens with zero attached hydrogens (tertiary/aromatic N) is 1. The van der Waals surface area contributed by atoms with E-state index in [2.05, 4.69) is 24.0 Å². The van der Waals surface area contributed by atoms with Crippen molar-refractivity contribution in [2.45, 2.75) is 19.3 Å². The highest BCUT2D eigenvalue weighted by molar-refractivity contribution is 7.09. The third-order valence-corrected chi connectivity index (χ3v) is 3.40. The number of nitrogens with two attached hydrogens (primary N) is 1. The Morgan fingerprint density at radius 1 is 1.33 bits per heavy atom. The summed E-state index contributed by atoms with van der Waals surface area (Å²) in [7, 11) is 0. The Bertz CT molecular complexity index is 406. The maximum atomic E-state index is 5.64. The van der Waals surface area contributed by atoms with Crippen LogP contribution in [0, 0.1) is 0 Å². The molecule has 0 unspecified atom stereocenters. The van der Waals surface area contributed by atoms with Crippen LogP contribution >= 0.6 is 11.3 Å². The lowest BCUT2D eigenvalue weighted by Gasteiger charge is -2.08. The van der Waals surface area contributed by atoms with Crippen LogP contribution in [0.1, 0.15) is 23.4 Å². The highest BCUT2D eigenvalue weighted by atomic mass is 32.1. The summed E-state index contributed by atoms with van der Waals surface area (Å²) in [5.74, 6) is 0.480. The Labute approximate surface area is 93.8 Å². The van der Waals surface area contributed by atoms with Gasteiger partial charge in [-0.15, -0.1) is 11.3 Å². The summed E-state index contributed by atoms with van der Waals surface area (Å²) in [5, 5.41) is 3.22. The van der Waals surface area contributed by atoms with Gasteiger partial charge in [0.15, 0.2) is 0 Å². The fourth-order valence-electron chi connectivity index (χ4n) is 1.57. The minimum absolute atomic E-state index is 0.480. The van der Waals surface area contributed by atoms with Crippen molar-refractivity contribution >= 4 is 17.0 Å². The largest absolute Gasteiger partial charge is 0.399 e. The molecule has 2 nitrogen and oxygen atoms in total. The van der Waals surface area contributed by atoms with Crippen LogP contribution in [-0.4, -0.2) is 4.98 Å². The third kappa shape index (κ3) is 2.57. The molecule has 1 heterocycles. The van der Waals surface area contributed by atoms with Crippen molar-refractivity contribution in [3.8, 4) is 0 Å². The molecule has 0 aliphatic heterocycles. The number of nitrogen functional groups attached to an aromatic ring is 1. The normalized spacial score (nSPS) is 12.6. The SMILES string of the molecule is C[C@@H](Cc1ccc(N)cc1)c1nccs1. The first kappa shape index (κ1) is 10.2. The van der Waals surface area contributed by atoms with Gasteiger partial charge in [-0.25, -0.2) is 4.98 Å². The molecule has 2 N–H and O–H groups in total. The molecule has 2 aromatic rings. The van der Waals surface area contributed by atoms with Crippen LogP contribution in [0.5, 0.6) is 0 Å². The maximum absolute atomic E-state index is 5.64. The van der Waals surface area contributed by atoms with Crippen molar-refractivity contribution in [1.29, 1.82) is 0 Å². The summed E-state index contributed by atoms with van der Waals surface area (Å²) in [4.78, 5) is 4.32. The first-order valence-electron chi connectivity index (χ1n) is 4.99. The van der Waals surface area contributed by atoms with Crippen LogP contribution in [-0.2, 0) is 6.42 Å². The Hall–Kier alpha value is -1.35. The van der Waals surface area contributed by atoms with Gasteiger partial charge in [0.25, 0.3) is 0 Å². The van der Waals surface area contributed by atoms with E-state index in [9.17, 15) is 0 Å².